The monoisotopic (exact) mass is 436 g/mol. The third kappa shape index (κ3) is 3.67. The van der Waals surface area contributed by atoms with Gasteiger partial charge in [-0.3, -0.25) is 9.79 Å². The maximum Gasteiger partial charge on any atom is 0.271 e. The minimum atomic E-state index is -1.74. The van der Waals surface area contributed by atoms with E-state index in [-0.39, 0.29) is 5.24 Å². The molecule has 1 aliphatic heterocycles. The van der Waals surface area contributed by atoms with Gasteiger partial charge in [0.2, 0.25) is 0 Å². The SMILES string of the molecule is O=C(NCc1ccccc1)S1(Cc2ccccc2)C=NC=C1I. The van der Waals surface area contributed by atoms with E-state index in [2.05, 4.69) is 45.0 Å². The summed E-state index contributed by atoms with van der Waals surface area (Å²) >= 11 is 2.26. The lowest BCUT2D eigenvalue weighted by molar-refractivity contribution is 0.260. The van der Waals surface area contributed by atoms with E-state index < -0.39 is 10.0 Å². The number of hydrogen-bond donors (Lipinski definition) is 1. The smallest absolute Gasteiger partial charge is 0.271 e. The lowest BCUT2D eigenvalue weighted by atomic mass is 10.2. The van der Waals surface area contributed by atoms with Crippen LogP contribution in [0.2, 0.25) is 0 Å². The first-order valence-electron chi connectivity index (χ1n) is 7.26. The van der Waals surface area contributed by atoms with Gasteiger partial charge in [0.05, 0.1) is 8.46 Å². The molecule has 5 heteroatoms. The third-order valence-corrected chi connectivity index (χ3v) is 9.13. The highest BCUT2D eigenvalue weighted by Gasteiger charge is 2.36. The molecule has 0 radical (unpaired) electrons. The van der Waals surface area contributed by atoms with Crippen LogP contribution < -0.4 is 5.32 Å². The maximum atomic E-state index is 12.9. The Hall–Kier alpha value is -1.60. The molecule has 0 bridgehead atoms. The van der Waals surface area contributed by atoms with Crippen LogP contribution in [0.3, 0.4) is 0 Å². The van der Waals surface area contributed by atoms with Crippen LogP contribution in [0.5, 0.6) is 0 Å². The van der Waals surface area contributed by atoms with Crippen LogP contribution in [-0.4, -0.2) is 10.8 Å². The molecule has 118 valence electrons. The standard InChI is InChI=1S/C18H17IN2OS/c19-17-12-20-14-23(17,13-16-9-5-2-6-10-16)18(22)21-11-15-7-3-1-4-8-15/h1-10,12,14H,11,13H2,(H,21,22). The first kappa shape index (κ1) is 16.3. The van der Waals surface area contributed by atoms with Gasteiger partial charge in [0.25, 0.3) is 5.24 Å². The zero-order valence-electron chi connectivity index (χ0n) is 12.5. The predicted molar refractivity (Wildman–Crippen MR) is 107 cm³/mol. The summed E-state index contributed by atoms with van der Waals surface area (Å²) in [5.41, 5.74) is 4.11. The average molecular weight is 436 g/mol. The summed E-state index contributed by atoms with van der Waals surface area (Å²) in [5.74, 6) is 0.701. The topological polar surface area (TPSA) is 41.5 Å². The third-order valence-electron chi connectivity index (χ3n) is 3.61. The molecule has 2 aromatic rings. The van der Waals surface area contributed by atoms with Crippen molar-refractivity contribution in [2.75, 3.05) is 0 Å². The van der Waals surface area contributed by atoms with Crippen molar-refractivity contribution in [3.8, 4) is 0 Å². The van der Waals surface area contributed by atoms with Crippen LogP contribution in [-0.2, 0) is 12.3 Å². The molecule has 3 nitrogen and oxygen atoms in total. The van der Waals surface area contributed by atoms with Crippen LogP contribution in [0.4, 0.5) is 4.79 Å². The minimum Gasteiger partial charge on any atom is -0.344 e. The van der Waals surface area contributed by atoms with E-state index in [1.54, 1.807) is 6.20 Å². The van der Waals surface area contributed by atoms with Gasteiger partial charge in [-0.1, -0.05) is 70.7 Å². The number of benzene rings is 2. The summed E-state index contributed by atoms with van der Waals surface area (Å²) in [6.07, 6.45) is 1.81. The number of nitrogens with one attached hydrogen (secondary N) is 1. The molecular formula is C18H17IN2OS. The Morgan fingerprint density at radius 2 is 1.61 bits per heavy atom. The van der Waals surface area contributed by atoms with E-state index in [0.717, 1.165) is 14.0 Å². The van der Waals surface area contributed by atoms with E-state index in [0.29, 0.717) is 12.3 Å². The van der Waals surface area contributed by atoms with Crippen molar-refractivity contribution in [1.29, 1.82) is 0 Å². The van der Waals surface area contributed by atoms with Crippen molar-refractivity contribution in [3.63, 3.8) is 0 Å². The van der Waals surface area contributed by atoms with Gasteiger partial charge in [-0.05, 0) is 33.7 Å². The normalized spacial score (nSPS) is 22.2. The quantitative estimate of drug-likeness (QED) is 0.660. The molecule has 3 rings (SSSR count). The molecule has 1 heterocycles. The minimum absolute atomic E-state index is 0.0760. The van der Waals surface area contributed by atoms with Gasteiger partial charge in [-0.15, -0.1) is 0 Å². The second-order valence-electron chi connectivity index (χ2n) is 5.24. The molecule has 0 aromatic heterocycles. The summed E-state index contributed by atoms with van der Waals surface area (Å²) in [7, 11) is -1.74. The van der Waals surface area contributed by atoms with E-state index in [1.165, 1.54) is 0 Å². The maximum absolute atomic E-state index is 12.9. The van der Waals surface area contributed by atoms with Crippen molar-refractivity contribution in [1.82, 2.24) is 5.32 Å². The number of hydrogen-bond acceptors (Lipinski definition) is 2. The second-order valence-corrected chi connectivity index (χ2v) is 10.0. The van der Waals surface area contributed by atoms with Crippen LogP contribution in [0.1, 0.15) is 11.1 Å². The summed E-state index contributed by atoms with van der Waals surface area (Å²) in [6.45, 7) is 0.543. The zero-order valence-corrected chi connectivity index (χ0v) is 15.5. The highest BCUT2D eigenvalue weighted by Crippen LogP contribution is 2.61. The Bertz CT molecular complexity index is 746. The molecule has 1 aliphatic rings. The van der Waals surface area contributed by atoms with Crippen molar-refractivity contribution >= 4 is 43.4 Å². The second kappa shape index (κ2) is 7.31. The first-order valence-corrected chi connectivity index (χ1v) is 10.2. The molecule has 0 aliphatic carbocycles. The fourth-order valence-corrected chi connectivity index (χ4v) is 6.23. The van der Waals surface area contributed by atoms with Gasteiger partial charge >= 0.3 is 0 Å². The van der Waals surface area contributed by atoms with Crippen LogP contribution >= 0.6 is 32.6 Å². The van der Waals surface area contributed by atoms with Crippen LogP contribution in [0.25, 0.3) is 0 Å². The van der Waals surface area contributed by atoms with E-state index in [4.69, 9.17) is 0 Å². The summed E-state index contributed by atoms with van der Waals surface area (Å²) in [4.78, 5) is 17.2. The molecule has 1 unspecified atom stereocenters. The highest BCUT2D eigenvalue weighted by molar-refractivity contribution is 14.1. The zero-order chi connectivity index (χ0) is 16.1. The molecular weight excluding hydrogens is 419 g/mol. The lowest BCUT2D eigenvalue weighted by Crippen LogP contribution is -2.28. The predicted octanol–water partition coefficient (Wildman–Crippen LogP) is 5.18. The number of nitrogens with zero attached hydrogens (tertiary/aromatic N) is 1. The van der Waals surface area contributed by atoms with E-state index in [9.17, 15) is 4.79 Å². The Kier molecular flexibility index (Phi) is 5.17. The number of carbonyl (C=O) groups excluding carboxylic acids is 1. The van der Waals surface area contributed by atoms with Gasteiger partial charge in [0.1, 0.15) is 0 Å². The molecule has 0 saturated heterocycles. The number of aliphatic imine (C=N–C) groups is 1. The van der Waals surface area contributed by atoms with Gasteiger partial charge < -0.3 is 5.32 Å². The van der Waals surface area contributed by atoms with Crippen molar-refractivity contribution in [3.05, 3.63) is 80.9 Å². The van der Waals surface area contributed by atoms with E-state index >= 15 is 0 Å². The summed E-state index contributed by atoms with van der Waals surface area (Å²) in [6, 6.07) is 20.1. The van der Waals surface area contributed by atoms with Gasteiger partial charge in [-0.25, -0.2) is 0 Å². The molecule has 23 heavy (non-hydrogen) atoms. The highest BCUT2D eigenvalue weighted by atomic mass is 127. The Labute approximate surface area is 151 Å². The molecule has 1 N–H and O–H groups in total. The fourth-order valence-electron chi connectivity index (χ4n) is 2.38. The molecule has 2 aromatic carbocycles. The number of halogens is 1. The average Bonchev–Trinajstić information content (AvgIpc) is 2.96. The largest absolute Gasteiger partial charge is 0.344 e. The lowest BCUT2D eigenvalue weighted by Gasteiger charge is -2.31. The Morgan fingerprint density at radius 3 is 2.17 bits per heavy atom. The molecule has 0 spiro atoms. The van der Waals surface area contributed by atoms with Crippen LogP contribution in [0, 0.1) is 0 Å². The van der Waals surface area contributed by atoms with Crippen molar-refractivity contribution < 1.29 is 4.79 Å². The summed E-state index contributed by atoms with van der Waals surface area (Å²) < 4.78 is 1.03. The van der Waals surface area contributed by atoms with Gasteiger partial charge in [0, 0.05) is 18.5 Å². The molecule has 0 fully saturated rings. The molecule has 0 saturated carbocycles. The van der Waals surface area contributed by atoms with Gasteiger partial charge in [-0.2, -0.15) is 0 Å². The Balaban J connectivity index is 1.78. The summed E-state index contributed by atoms with van der Waals surface area (Å²) in [5, 5.41) is 3.17. The molecule has 1 atom stereocenters. The number of amides is 1. The van der Waals surface area contributed by atoms with Gasteiger partial charge in [0.15, 0.2) is 0 Å². The Morgan fingerprint density at radius 1 is 1.00 bits per heavy atom. The van der Waals surface area contributed by atoms with Crippen molar-refractivity contribution in [2.45, 2.75) is 12.3 Å². The number of rotatable bonds is 4. The van der Waals surface area contributed by atoms with Crippen molar-refractivity contribution in [2.24, 2.45) is 4.99 Å². The number of carbonyl (C=O) groups is 1. The molecule has 1 amide bonds. The van der Waals surface area contributed by atoms with E-state index in [1.807, 2.05) is 54.1 Å². The van der Waals surface area contributed by atoms with Crippen LogP contribution in [0.15, 0.2) is 74.8 Å². The fraction of sp³-hybridized carbons (Fsp3) is 0.111. The first-order chi connectivity index (χ1) is 11.2.